The molecule has 0 radical (unpaired) electrons. The molecule has 2 heterocycles. The summed E-state index contributed by atoms with van der Waals surface area (Å²) in [5.74, 6) is -1.97. The summed E-state index contributed by atoms with van der Waals surface area (Å²) in [7, 11) is 0. The molecule has 0 spiro atoms. The fourth-order valence-electron chi connectivity index (χ4n) is 3.23. The molecule has 1 aliphatic heterocycles. The molecule has 3 aromatic rings. The molecule has 27 heavy (non-hydrogen) atoms. The number of hydrogen-bond donors (Lipinski definition) is 1. The van der Waals surface area contributed by atoms with Gasteiger partial charge in [-0.25, -0.2) is 13.8 Å². The fraction of sp³-hybridized carbons (Fsp3) is 0.200. The lowest BCUT2D eigenvalue weighted by atomic mass is 10.0. The first kappa shape index (κ1) is 17.6. The summed E-state index contributed by atoms with van der Waals surface area (Å²) in [4.78, 5) is 18.8. The zero-order chi connectivity index (χ0) is 18.8. The summed E-state index contributed by atoms with van der Waals surface area (Å²) in [6.07, 6.45) is 2.04. The first-order valence-electron chi connectivity index (χ1n) is 8.64. The van der Waals surface area contributed by atoms with Crippen LogP contribution in [0.4, 0.5) is 19.6 Å². The van der Waals surface area contributed by atoms with Crippen LogP contribution in [0.15, 0.2) is 47.8 Å². The Morgan fingerprint density at radius 1 is 1.19 bits per heavy atom. The molecule has 0 atom stereocenters. The maximum Gasteiger partial charge on any atom is 0.245 e. The van der Waals surface area contributed by atoms with E-state index >= 15 is 0 Å². The van der Waals surface area contributed by atoms with E-state index in [0.717, 1.165) is 37.2 Å². The van der Waals surface area contributed by atoms with Crippen molar-refractivity contribution in [2.75, 3.05) is 23.3 Å². The van der Waals surface area contributed by atoms with Gasteiger partial charge >= 0.3 is 0 Å². The van der Waals surface area contributed by atoms with E-state index in [1.807, 2.05) is 18.2 Å². The fourth-order valence-corrected chi connectivity index (χ4v) is 3.96. The molecular formula is C20H17F2N3OS. The number of halogens is 2. The van der Waals surface area contributed by atoms with Crippen LogP contribution in [-0.2, 0) is 11.2 Å². The minimum atomic E-state index is -0.921. The number of aryl methyl sites for hydroxylation is 1. The van der Waals surface area contributed by atoms with Crippen LogP contribution in [0.2, 0.25) is 0 Å². The highest BCUT2D eigenvalue weighted by molar-refractivity contribution is 7.14. The highest BCUT2D eigenvalue weighted by atomic mass is 32.1. The second-order valence-corrected chi connectivity index (χ2v) is 7.23. The number of fused-ring (bicyclic) bond motifs is 1. The molecule has 0 saturated heterocycles. The third-order valence-electron chi connectivity index (χ3n) is 4.51. The van der Waals surface area contributed by atoms with Crippen LogP contribution in [0.25, 0.3) is 11.3 Å². The van der Waals surface area contributed by atoms with E-state index < -0.39 is 11.6 Å². The predicted octanol–water partition coefficient (Wildman–Crippen LogP) is 4.48. The first-order valence-corrected chi connectivity index (χ1v) is 9.52. The van der Waals surface area contributed by atoms with Crippen LogP contribution in [-0.4, -0.2) is 24.0 Å². The highest BCUT2D eigenvalue weighted by Gasteiger charge is 2.19. The van der Waals surface area contributed by atoms with Gasteiger partial charge in [0.25, 0.3) is 0 Å². The van der Waals surface area contributed by atoms with Gasteiger partial charge in [0.15, 0.2) is 16.8 Å². The molecule has 4 rings (SSSR count). The van der Waals surface area contributed by atoms with Gasteiger partial charge in [-0.2, -0.15) is 0 Å². The summed E-state index contributed by atoms with van der Waals surface area (Å²) < 4.78 is 26.5. The summed E-state index contributed by atoms with van der Waals surface area (Å²) >= 11 is 1.25. The zero-order valence-electron chi connectivity index (χ0n) is 14.4. The Labute approximate surface area is 159 Å². The molecule has 2 aromatic carbocycles. The second-order valence-electron chi connectivity index (χ2n) is 6.37. The van der Waals surface area contributed by atoms with Gasteiger partial charge in [0.1, 0.15) is 0 Å². The van der Waals surface area contributed by atoms with E-state index in [1.54, 1.807) is 5.38 Å². The quantitative estimate of drug-likeness (QED) is 0.720. The molecule has 0 bridgehead atoms. The Bertz CT molecular complexity index is 989. The molecule has 1 aromatic heterocycles. The van der Waals surface area contributed by atoms with Gasteiger partial charge in [0.2, 0.25) is 5.91 Å². The Hall–Kier alpha value is -2.80. The smallest absolute Gasteiger partial charge is 0.245 e. The minimum absolute atomic E-state index is 0.155. The monoisotopic (exact) mass is 385 g/mol. The molecule has 7 heteroatoms. The van der Waals surface area contributed by atoms with E-state index in [-0.39, 0.29) is 12.5 Å². The number of carbonyl (C=O) groups is 1. The highest BCUT2D eigenvalue weighted by Crippen LogP contribution is 2.28. The average molecular weight is 385 g/mol. The lowest BCUT2D eigenvalue weighted by molar-refractivity contribution is -0.115. The largest absolute Gasteiger partial charge is 0.362 e. The van der Waals surface area contributed by atoms with Crippen molar-refractivity contribution in [2.24, 2.45) is 0 Å². The third kappa shape index (κ3) is 3.83. The first-order chi connectivity index (χ1) is 13.1. The maximum atomic E-state index is 13.4. The molecule has 0 unspecified atom stereocenters. The van der Waals surface area contributed by atoms with Crippen molar-refractivity contribution in [1.29, 1.82) is 0 Å². The predicted molar refractivity (Wildman–Crippen MR) is 103 cm³/mol. The van der Waals surface area contributed by atoms with E-state index in [1.165, 1.54) is 23.0 Å². The molecule has 1 amide bonds. The van der Waals surface area contributed by atoms with Gasteiger partial charge in [-0.3, -0.25) is 4.79 Å². The van der Waals surface area contributed by atoms with Crippen molar-refractivity contribution in [1.82, 2.24) is 4.98 Å². The van der Waals surface area contributed by atoms with Crippen LogP contribution in [0.1, 0.15) is 12.0 Å². The minimum Gasteiger partial charge on any atom is -0.362 e. The van der Waals surface area contributed by atoms with E-state index in [4.69, 9.17) is 0 Å². The van der Waals surface area contributed by atoms with Crippen LogP contribution < -0.4 is 10.2 Å². The van der Waals surface area contributed by atoms with Crippen molar-refractivity contribution in [3.05, 3.63) is 65.0 Å². The second kappa shape index (κ2) is 7.44. The maximum absolute atomic E-state index is 13.4. The number of hydrogen-bond acceptors (Lipinski definition) is 4. The average Bonchev–Trinajstić information content (AvgIpc) is 3.12. The van der Waals surface area contributed by atoms with E-state index in [9.17, 15) is 13.6 Å². The number of rotatable bonds is 4. The Morgan fingerprint density at radius 3 is 2.89 bits per heavy atom. The van der Waals surface area contributed by atoms with Crippen LogP contribution in [0, 0.1) is 11.6 Å². The number of thiazole rings is 1. The number of para-hydroxylation sites is 1. The van der Waals surface area contributed by atoms with Gasteiger partial charge in [0.05, 0.1) is 12.2 Å². The number of amides is 1. The summed E-state index contributed by atoms with van der Waals surface area (Å²) in [5.41, 5.74) is 3.32. The molecule has 1 N–H and O–H groups in total. The van der Waals surface area contributed by atoms with Gasteiger partial charge in [-0.05, 0) is 42.7 Å². The van der Waals surface area contributed by atoms with Crippen molar-refractivity contribution < 1.29 is 13.6 Å². The number of aromatic nitrogens is 1. The molecule has 0 fully saturated rings. The summed E-state index contributed by atoms with van der Waals surface area (Å²) in [6, 6.07) is 11.7. The molecule has 0 aliphatic carbocycles. The SMILES string of the molecule is O=C(CN1CCCc2ccccc21)Nc1nc(-c2ccc(F)c(F)c2)cs1. The number of carbonyl (C=O) groups excluding carboxylic acids is 1. The third-order valence-corrected chi connectivity index (χ3v) is 5.26. The number of benzene rings is 2. The van der Waals surface area contributed by atoms with Crippen LogP contribution in [0.3, 0.4) is 0 Å². The Morgan fingerprint density at radius 2 is 2.04 bits per heavy atom. The zero-order valence-corrected chi connectivity index (χ0v) is 15.2. The number of nitrogens with zero attached hydrogens (tertiary/aromatic N) is 2. The standard InChI is InChI=1S/C20H17F2N3OS/c21-15-8-7-14(10-16(15)22)17-12-27-20(23-17)24-19(26)11-25-9-3-5-13-4-1-2-6-18(13)25/h1-2,4,6-8,10,12H,3,5,9,11H2,(H,23,24,26). The Kier molecular flexibility index (Phi) is 4.85. The summed E-state index contributed by atoms with van der Waals surface area (Å²) in [6.45, 7) is 1.08. The van der Waals surface area contributed by atoms with Crippen molar-refractivity contribution in [3.63, 3.8) is 0 Å². The van der Waals surface area contributed by atoms with E-state index in [2.05, 4.69) is 21.3 Å². The topological polar surface area (TPSA) is 45.2 Å². The van der Waals surface area contributed by atoms with Crippen molar-refractivity contribution >= 4 is 28.1 Å². The number of nitrogens with one attached hydrogen (secondary N) is 1. The van der Waals surface area contributed by atoms with Crippen LogP contribution in [0.5, 0.6) is 0 Å². The van der Waals surface area contributed by atoms with Crippen LogP contribution >= 0.6 is 11.3 Å². The molecule has 1 aliphatic rings. The van der Waals surface area contributed by atoms with E-state index in [0.29, 0.717) is 16.4 Å². The van der Waals surface area contributed by atoms with Gasteiger partial charge in [0, 0.05) is 23.2 Å². The summed E-state index contributed by atoms with van der Waals surface area (Å²) in [5, 5.41) is 4.94. The molecule has 4 nitrogen and oxygen atoms in total. The van der Waals surface area contributed by atoms with Crippen molar-refractivity contribution in [2.45, 2.75) is 12.8 Å². The van der Waals surface area contributed by atoms with Gasteiger partial charge < -0.3 is 10.2 Å². The number of anilines is 2. The van der Waals surface area contributed by atoms with Gasteiger partial charge in [-0.1, -0.05) is 18.2 Å². The molecule has 138 valence electrons. The Balaban J connectivity index is 1.44. The van der Waals surface area contributed by atoms with Crippen molar-refractivity contribution in [3.8, 4) is 11.3 Å². The van der Waals surface area contributed by atoms with Gasteiger partial charge in [-0.15, -0.1) is 11.3 Å². The molecular weight excluding hydrogens is 368 g/mol. The normalized spacial score (nSPS) is 13.3. The lowest BCUT2D eigenvalue weighted by Crippen LogP contribution is -2.36. The molecule has 0 saturated carbocycles. The lowest BCUT2D eigenvalue weighted by Gasteiger charge is -2.30.